The van der Waals surface area contributed by atoms with Gasteiger partial charge in [0.2, 0.25) is 11.0 Å². The van der Waals surface area contributed by atoms with Gasteiger partial charge in [0, 0.05) is 13.1 Å². The van der Waals surface area contributed by atoms with E-state index in [9.17, 15) is 10.0 Å². The SMILES string of the molecule is CC1CN(CCCCCCCCOc2ccc(-c3ccc(C(=O)n4n[n+]([O-])c5ccccc54)cc3)cc2)CC(C)O1. The van der Waals surface area contributed by atoms with Crippen LogP contribution in [0.1, 0.15) is 62.7 Å². The summed E-state index contributed by atoms with van der Waals surface area (Å²) in [5.74, 6) is 0.523. The zero-order chi connectivity index (χ0) is 28.6. The number of nitrogens with zero attached hydrogens (tertiary/aromatic N) is 4. The van der Waals surface area contributed by atoms with Crippen molar-refractivity contribution in [2.75, 3.05) is 26.2 Å². The number of morpholine rings is 1. The van der Waals surface area contributed by atoms with Gasteiger partial charge in [0.15, 0.2) is 0 Å². The first kappa shape index (κ1) is 28.8. The van der Waals surface area contributed by atoms with Gasteiger partial charge in [-0.3, -0.25) is 4.90 Å². The van der Waals surface area contributed by atoms with Crippen LogP contribution in [0.25, 0.3) is 22.2 Å². The van der Waals surface area contributed by atoms with Crippen LogP contribution in [0.2, 0.25) is 0 Å². The first-order valence-electron chi connectivity index (χ1n) is 14.8. The summed E-state index contributed by atoms with van der Waals surface area (Å²) in [5, 5.41) is 15.9. The molecule has 0 saturated carbocycles. The van der Waals surface area contributed by atoms with Crippen molar-refractivity contribution in [1.29, 1.82) is 0 Å². The molecule has 0 radical (unpaired) electrons. The molecule has 41 heavy (non-hydrogen) atoms. The number of fused-ring (bicyclic) bond motifs is 1. The number of aromatic nitrogens is 3. The van der Waals surface area contributed by atoms with Crippen LogP contribution in [0.4, 0.5) is 0 Å². The third kappa shape index (κ3) is 7.51. The molecule has 1 fully saturated rings. The molecule has 1 saturated heterocycles. The molecule has 2 heterocycles. The molecule has 0 aliphatic carbocycles. The van der Waals surface area contributed by atoms with Crippen molar-refractivity contribution < 1.29 is 19.1 Å². The standard InChI is InChI=1S/C33H40N4O4/c1-25-23-35(24-26(2)41-25)21-9-5-3-4-6-10-22-40-30-19-17-28(18-20-30)27-13-15-29(16-14-27)33(38)36-31-11-7-8-12-32(31)37(39)34-36/h7-8,11-20,25-26H,3-6,9-10,21-24H2,1-2H3. The van der Waals surface area contributed by atoms with E-state index in [0.717, 1.165) is 47.7 Å². The molecular weight excluding hydrogens is 516 g/mol. The van der Waals surface area contributed by atoms with Crippen molar-refractivity contribution in [1.82, 2.24) is 14.8 Å². The summed E-state index contributed by atoms with van der Waals surface area (Å²) >= 11 is 0. The number of ether oxygens (including phenoxy) is 2. The summed E-state index contributed by atoms with van der Waals surface area (Å²) in [6, 6.07) is 22.3. The fraction of sp³-hybridized carbons (Fsp3) is 0.424. The van der Waals surface area contributed by atoms with Crippen LogP contribution >= 0.6 is 0 Å². The Kier molecular flexibility index (Phi) is 9.64. The molecule has 3 aromatic carbocycles. The third-order valence-corrected chi connectivity index (χ3v) is 7.63. The molecule has 1 aromatic heterocycles. The van der Waals surface area contributed by atoms with Gasteiger partial charge >= 0.3 is 5.91 Å². The molecule has 2 atom stereocenters. The van der Waals surface area contributed by atoms with E-state index in [2.05, 4.69) is 24.0 Å². The molecule has 1 aliphatic heterocycles. The summed E-state index contributed by atoms with van der Waals surface area (Å²) in [5.41, 5.74) is 3.34. The molecule has 0 spiro atoms. The highest BCUT2D eigenvalue weighted by molar-refractivity contribution is 5.99. The maximum absolute atomic E-state index is 13.0. The Bertz CT molecular complexity index is 1410. The topological polar surface area (TPSA) is 83.5 Å². The van der Waals surface area contributed by atoms with Gasteiger partial charge in [-0.1, -0.05) is 66.8 Å². The predicted octanol–water partition coefficient (Wildman–Crippen LogP) is 5.85. The van der Waals surface area contributed by atoms with Crippen molar-refractivity contribution in [3.8, 4) is 16.9 Å². The highest BCUT2D eigenvalue weighted by atomic mass is 16.5. The Labute approximate surface area is 242 Å². The predicted molar refractivity (Wildman–Crippen MR) is 160 cm³/mol. The summed E-state index contributed by atoms with van der Waals surface area (Å²) in [6.45, 7) is 8.37. The second-order valence-corrected chi connectivity index (χ2v) is 11.1. The van der Waals surface area contributed by atoms with Gasteiger partial charge in [0.1, 0.15) is 11.0 Å². The Balaban J connectivity index is 1.01. The minimum absolute atomic E-state index is 0.344. The Morgan fingerprint density at radius 2 is 1.49 bits per heavy atom. The van der Waals surface area contributed by atoms with Crippen LogP contribution in [0, 0.1) is 5.21 Å². The lowest BCUT2D eigenvalue weighted by atomic mass is 10.0. The lowest BCUT2D eigenvalue weighted by Gasteiger charge is -2.35. The highest BCUT2D eigenvalue weighted by Gasteiger charge is 2.23. The van der Waals surface area contributed by atoms with Crippen molar-refractivity contribution in [2.45, 2.75) is 64.6 Å². The smallest absolute Gasteiger partial charge is 0.366 e. The van der Waals surface area contributed by atoms with Crippen LogP contribution in [0.3, 0.4) is 0 Å². The molecule has 0 N–H and O–H groups in total. The number of para-hydroxylation sites is 2. The molecular formula is C33H40N4O4. The second kappa shape index (κ2) is 13.7. The van der Waals surface area contributed by atoms with E-state index in [1.54, 1.807) is 36.4 Å². The van der Waals surface area contributed by atoms with Gasteiger partial charge < -0.3 is 14.7 Å². The molecule has 4 aromatic rings. The van der Waals surface area contributed by atoms with Gasteiger partial charge in [0.05, 0.1) is 24.4 Å². The molecule has 216 valence electrons. The molecule has 8 heteroatoms. The largest absolute Gasteiger partial charge is 0.691 e. The number of rotatable bonds is 12. The fourth-order valence-electron chi connectivity index (χ4n) is 5.61. The fourth-order valence-corrected chi connectivity index (χ4v) is 5.61. The van der Waals surface area contributed by atoms with E-state index in [-0.39, 0.29) is 5.91 Å². The lowest BCUT2D eigenvalue weighted by Crippen LogP contribution is -2.45. The van der Waals surface area contributed by atoms with Crippen LogP contribution in [-0.4, -0.2) is 59.2 Å². The second-order valence-electron chi connectivity index (χ2n) is 11.1. The Hall–Kier alpha value is -3.75. The molecule has 0 bridgehead atoms. The van der Waals surface area contributed by atoms with Gasteiger partial charge in [0.25, 0.3) is 0 Å². The van der Waals surface area contributed by atoms with E-state index in [0.29, 0.717) is 33.6 Å². The third-order valence-electron chi connectivity index (χ3n) is 7.63. The van der Waals surface area contributed by atoms with Crippen molar-refractivity contribution in [3.63, 3.8) is 0 Å². The maximum atomic E-state index is 13.0. The Morgan fingerprint density at radius 3 is 2.20 bits per heavy atom. The van der Waals surface area contributed by atoms with E-state index in [1.165, 1.54) is 38.6 Å². The van der Waals surface area contributed by atoms with Gasteiger partial charge in [-0.25, -0.2) is 4.79 Å². The monoisotopic (exact) mass is 556 g/mol. The van der Waals surface area contributed by atoms with Crippen molar-refractivity contribution >= 4 is 16.9 Å². The van der Waals surface area contributed by atoms with Crippen molar-refractivity contribution in [2.24, 2.45) is 0 Å². The quantitative estimate of drug-likeness (QED) is 0.124. The zero-order valence-electron chi connectivity index (χ0n) is 24.1. The van der Waals surface area contributed by atoms with Crippen LogP contribution in [-0.2, 0) is 4.74 Å². The molecule has 1 aliphatic rings. The first-order valence-corrected chi connectivity index (χ1v) is 14.8. The normalized spacial score (nSPS) is 17.6. The van der Waals surface area contributed by atoms with E-state index < -0.39 is 0 Å². The van der Waals surface area contributed by atoms with Gasteiger partial charge in [-0.05, 0) is 80.8 Å². The zero-order valence-corrected chi connectivity index (χ0v) is 24.1. The van der Waals surface area contributed by atoms with E-state index in [4.69, 9.17) is 9.47 Å². The summed E-state index contributed by atoms with van der Waals surface area (Å²) in [7, 11) is 0. The van der Waals surface area contributed by atoms with Gasteiger partial charge in [-0.2, -0.15) is 0 Å². The average Bonchev–Trinajstić information content (AvgIpc) is 3.32. The number of hydrogen-bond donors (Lipinski definition) is 0. The summed E-state index contributed by atoms with van der Waals surface area (Å²) in [4.78, 5) is 16.0. The minimum Gasteiger partial charge on any atom is -0.691 e. The lowest BCUT2D eigenvalue weighted by molar-refractivity contribution is -0.645. The maximum Gasteiger partial charge on any atom is 0.366 e. The van der Waals surface area contributed by atoms with Gasteiger partial charge in [-0.15, -0.1) is 4.85 Å². The highest BCUT2D eigenvalue weighted by Crippen LogP contribution is 2.24. The molecule has 8 nitrogen and oxygen atoms in total. The van der Waals surface area contributed by atoms with Crippen molar-refractivity contribution in [3.05, 3.63) is 83.6 Å². The van der Waals surface area contributed by atoms with Crippen LogP contribution in [0.15, 0.2) is 72.8 Å². The molecule has 5 rings (SSSR count). The van der Waals surface area contributed by atoms with E-state index in [1.807, 2.05) is 36.4 Å². The number of carbonyl (C=O) groups is 1. The first-order chi connectivity index (χ1) is 20.0. The minimum atomic E-state index is -0.344. The number of unbranched alkanes of at least 4 members (excludes halogenated alkanes) is 5. The number of carbonyl (C=O) groups excluding carboxylic acids is 1. The number of hydrogen-bond acceptors (Lipinski definition) is 6. The number of benzene rings is 3. The van der Waals surface area contributed by atoms with Crippen LogP contribution in [0.5, 0.6) is 5.75 Å². The van der Waals surface area contributed by atoms with E-state index >= 15 is 0 Å². The molecule has 2 unspecified atom stereocenters. The molecule has 0 amide bonds. The van der Waals surface area contributed by atoms with Crippen LogP contribution < -0.4 is 9.58 Å². The Morgan fingerprint density at radius 1 is 0.878 bits per heavy atom. The average molecular weight is 557 g/mol. The summed E-state index contributed by atoms with van der Waals surface area (Å²) < 4.78 is 12.9. The summed E-state index contributed by atoms with van der Waals surface area (Å²) in [6.07, 6.45) is 8.05.